The van der Waals surface area contributed by atoms with E-state index in [1.807, 2.05) is 25.1 Å². The lowest BCUT2D eigenvalue weighted by atomic mass is 10.0. The highest BCUT2D eigenvalue weighted by molar-refractivity contribution is 5.97. The van der Waals surface area contributed by atoms with E-state index >= 15 is 0 Å². The number of carbonyl (C=O) groups excluding carboxylic acids is 1. The zero-order chi connectivity index (χ0) is 23.3. The highest BCUT2D eigenvalue weighted by Gasteiger charge is 2.20. The molecule has 0 fully saturated rings. The Balaban J connectivity index is 1.86. The second-order valence-corrected chi connectivity index (χ2v) is 7.67. The number of carbonyl (C=O) groups is 1. The van der Waals surface area contributed by atoms with E-state index in [0.29, 0.717) is 29.9 Å². The number of rotatable bonds is 9. The number of hydrogen-bond donors (Lipinski definition) is 1. The lowest BCUT2D eigenvalue weighted by molar-refractivity contribution is 0.0935. The monoisotopic (exact) mass is 436 g/mol. The van der Waals surface area contributed by atoms with Crippen LogP contribution in [0.4, 0.5) is 0 Å². The van der Waals surface area contributed by atoms with Gasteiger partial charge in [0.05, 0.1) is 24.2 Å². The molecule has 1 N–H and O–H groups in total. The summed E-state index contributed by atoms with van der Waals surface area (Å²) in [6.45, 7) is 10.6. The fourth-order valence-electron chi connectivity index (χ4n) is 4.09. The predicted octanol–water partition coefficient (Wildman–Crippen LogP) is 3.55. The summed E-state index contributed by atoms with van der Waals surface area (Å²) in [6.07, 6.45) is 0. The topological polar surface area (TPSA) is 76.5 Å². The highest BCUT2D eigenvalue weighted by Crippen LogP contribution is 2.24. The van der Waals surface area contributed by atoms with Gasteiger partial charge < -0.3 is 14.6 Å². The van der Waals surface area contributed by atoms with Gasteiger partial charge in [0.2, 0.25) is 0 Å². The van der Waals surface area contributed by atoms with Crippen molar-refractivity contribution >= 4 is 16.9 Å². The molecule has 1 heterocycles. The molecule has 7 heteroatoms. The Bertz CT molecular complexity index is 1150. The minimum Gasteiger partial charge on any atom is -0.497 e. The SMILES string of the molecule is CCN(CC)[C@H](CNC(=O)c1ccc2c(c1)nc(C)c(=O)n2CC)c1cccc(OC)c1. The number of aromatic nitrogens is 2. The quantitative estimate of drug-likeness (QED) is 0.555. The smallest absolute Gasteiger partial charge is 0.272 e. The van der Waals surface area contributed by atoms with Crippen molar-refractivity contribution < 1.29 is 9.53 Å². The molecule has 0 spiro atoms. The van der Waals surface area contributed by atoms with Crippen molar-refractivity contribution in [1.82, 2.24) is 19.8 Å². The molecule has 1 atom stereocenters. The second-order valence-electron chi connectivity index (χ2n) is 7.67. The summed E-state index contributed by atoms with van der Waals surface area (Å²) in [7, 11) is 1.65. The number of ether oxygens (including phenoxy) is 1. The number of likely N-dealkylation sites (N-methyl/N-ethyl adjacent to an activating group) is 1. The first-order valence-electron chi connectivity index (χ1n) is 11.1. The molecular weight excluding hydrogens is 404 g/mol. The van der Waals surface area contributed by atoms with E-state index in [1.165, 1.54) is 0 Å². The van der Waals surface area contributed by atoms with Crippen molar-refractivity contribution in [2.24, 2.45) is 0 Å². The lowest BCUT2D eigenvalue weighted by Crippen LogP contribution is -2.38. The van der Waals surface area contributed by atoms with E-state index in [1.54, 1.807) is 36.8 Å². The summed E-state index contributed by atoms with van der Waals surface area (Å²) in [5.74, 6) is 0.629. The van der Waals surface area contributed by atoms with Crippen LogP contribution in [0, 0.1) is 6.92 Å². The molecule has 0 bridgehead atoms. The lowest BCUT2D eigenvalue weighted by Gasteiger charge is -2.30. The van der Waals surface area contributed by atoms with Gasteiger partial charge >= 0.3 is 0 Å². The number of methoxy groups -OCH3 is 1. The maximum absolute atomic E-state index is 13.0. The summed E-state index contributed by atoms with van der Waals surface area (Å²) in [5.41, 5.74) is 3.32. The third-order valence-electron chi connectivity index (χ3n) is 5.88. The Hall–Kier alpha value is -3.19. The molecule has 0 saturated heterocycles. The molecule has 0 aliphatic heterocycles. The Morgan fingerprint density at radius 2 is 1.91 bits per heavy atom. The molecule has 3 rings (SSSR count). The van der Waals surface area contributed by atoms with E-state index < -0.39 is 0 Å². The van der Waals surface area contributed by atoms with Gasteiger partial charge in [0.25, 0.3) is 11.5 Å². The first kappa shape index (κ1) is 23.5. The van der Waals surface area contributed by atoms with Gasteiger partial charge in [-0.1, -0.05) is 26.0 Å². The van der Waals surface area contributed by atoms with Crippen LogP contribution in [0.2, 0.25) is 0 Å². The molecule has 0 unspecified atom stereocenters. The number of hydrogen-bond acceptors (Lipinski definition) is 5. The van der Waals surface area contributed by atoms with Gasteiger partial charge in [0, 0.05) is 18.7 Å². The van der Waals surface area contributed by atoms with Gasteiger partial charge in [-0.25, -0.2) is 4.98 Å². The van der Waals surface area contributed by atoms with Crippen LogP contribution in [-0.2, 0) is 6.54 Å². The fraction of sp³-hybridized carbons (Fsp3) is 0.400. The summed E-state index contributed by atoms with van der Waals surface area (Å²) < 4.78 is 7.07. The molecule has 7 nitrogen and oxygen atoms in total. The number of aryl methyl sites for hydroxylation is 2. The van der Waals surface area contributed by atoms with Crippen LogP contribution in [0.15, 0.2) is 47.3 Å². The van der Waals surface area contributed by atoms with E-state index in [2.05, 4.69) is 35.1 Å². The minimum absolute atomic E-state index is 0.0233. The maximum atomic E-state index is 13.0. The molecular formula is C25H32N4O3. The number of fused-ring (bicyclic) bond motifs is 1. The normalized spacial score (nSPS) is 12.2. The van der Waals surface area contributed by atoms with E-state index in [0.717, 1.165) is 29.9 Å². The van der Waals surface area contributed by atoms with Gasteiger partial charge in [0.15, 0.2) is 0 Å². The van der Waals surface area contributed by atoms with Gasteiger partial charge in [-0.3, -0.25) is 14.5 Å². The third-order valence-corrected chi connectivity index (χ3v) is 5.88. The molecule has 170 valence electrons. The highest BCUT2D eigenvalue weighted by atomic mass is 16.5. The van der Waals surface area contributed by atoms with Crippen LogP contribution in [0.3, 0.4) is 0 Å². The Morgan fingerprint density at radius 1 is 1.16 bits per heavy atom. The molecule has 32 heavy (non-hydrogen) atoms. The molecule has 0 aliphatic rings. The fourth-order valence-corrected chi connectivity index (χ4v) is 4.09. The van der Waals surface area contributed by atoms with Gasteiger partial charge in [0.1, 0.15) is 11.4 Å². The molecule has 2 aromatic carbocycles. The third kappa shape index (κ3) is 4.83. The summed E-state index contributed by atoms with van der Waals surface area (Å²) in [4.78, 5) is 32.0. The number of amides is 1. The maximum Gasteiger partial charge on any atom is 0.272 e. The van der Waals surface area contributed by atoms with Crippen molar-refractivity contribution in [2.75, 3.05) is 26.7 Å². The van der Waals surface area contributed by atoms with Gasteiger partial charge in [-0.05, 0) is 62.8 Å². The summed E-state index contributed by atoms with van der Waals surface area (Å²) in [6, 6.07) is 13.3. The first-order valence-corrected chi connectivity index (χ1v) is 11.1. The average molecular weight is 437 g/mol. The molecule has 0 saturated carbocycles. The Labute approximate surface area is 189 Å². The van der Waals surface area contributed by atoms with Crippen molar-refractivity contribution in [3.05, 3.63) is 69.6 Å². The van der Waals surface area contributed by atoms with Crippen LogP contribution in [0.25, 0.3) is 11.0 Å². The van der Waals surface area contributed by atoms with Crippen LogP contribution >= 0.6 is 0 Å². The van der Waals surface area contributed by atoms with Crippen molar-refractivity contribution in [2.45, 2.75) is 40.3 Å². The standard InChI is InChI=1S/C25H32N4O3/c1-6-28(7-2)23(18-10-9-11-20(14-18)32-5)16-26-24(30)19-12-13-22-21(15-19)27-17(4)25(31)29(22)8-3/h9-15,23H,6-8,16H2,1-5H3,(H,26,30)/t23-/m1/s1. The average Bonchev–Trinajstić information content (AvgIpc) is 2.82. The number of benzene rings is 2. The Morgan fingerprint density at radius 3 is 2.56 bits per heavy atom. The van der Waals surface area contributed by atoms with Crippen LogP contribution in [0.5, 0.6) is 5.75 Å². The van der Waals surface area contributed by atoms with Crippen LogP contribution < -0.4 is 15.6 Å². The Kier molecular flexibility index (Phi) is 7.64. The van der Waals surface area contributed by atoms with Gasteiger partial charge in [-0.2, -0.15) is 0 Å². The minimum atomic E-state index is -0.166. The molecule has 1 amide bonds. The van der Waals surface area contributed by atoms with Crippen molar-refractivity contribution in [1.29, 1.82) is 0 Å². The molecule has 3 aromatic rings. The van der Waals surface area contributed by atoms with Crippen molar-refractivity contribution in [3.8, 4) is 5.75 Å². The molecule has 0 radical (unpaired) electrons. The zero-order valence-corrected chi connectivity index (χ0v) is 19.5. The predicted molar refractivity (Wildman–Crippen MR) is 127 cm³/mol. The van der Waals surface area contributed by atoms with Crippen LogP contribution in [-0.4, -0.2) is 47.1 Å². The van der Waals surface area contributed by atoms with Crippen LogP contribution in [0.1, 0.15) is 48.4 Å². The van der Waals surface area contributed by atoms with E-state index in [-0.39, 0.29) is 17.5 Å². The zero-order valence-electron chi connectivity index (χ0n) is 19.5. The number of nitrogens with zero attached hydrogens (tertiary/aromatic N) is 3. The summed E-state index contributed by atoms with van der Waals surface area (Å²) in [5, 5.41) is 3.09. The molecule has 0 aliphatic carbocycles. The van der Waals surface area contributed by atoms with Gasteiger partial charge in [-0.15, -0.1) is 0 Å². The summed E-state index contributed by atoms with van der Waals surface area (Å²) >= 11 is 0. The number of nitrogens with one attached hydrogen (secondary N) is 1. The first-order chi connectivity index (χ1) is 15.4. The largest absolute Gasteiger partial charge is 0.497 e. The van der Waals surface area contributed by atoms with Crippen molar-refractivity contribution in [3.63, 3.8) is 0 Å². The van der Waals surface area contributed by atoms with E-state index in [9.17, 15) is 9.59 Å². The van der Waals surface area contributed by atoms with E-state index in [4.69, 9.17) is 4.74 Å². The molecule has 1 aromatic heterocycles. The second kappa shape index (κ2) is 10.4.